The zero-order chi connectivity index (χ0) is 20.1. The smallest absolute Gasteiger partial charge is 0.262 e. The van der Waals surface area contributed by atoms with Crippen LogP contribution in [0.25, 0.3) is 10.9 Å². The lowest BCUT2D eigenvalue weighted by Crippen LogP contribution is -2.24. The molecule has 0 saturated heterocycles. The summed E-state index contributed by atoms with van der Waals surface area (Å²) in [5.41, 5.74) is 3.13. The first-order chi connectivity index (χ1) is 14.2. The van der Waals surface area contributed by atoms with Gasteiger partial charge in [-0.1, -0.05) is 66.4 Å². The number of nitrogens with zero attached hydrogens (tertiary/aromatic N) is 2. The molecule has 0 N–H and O–H groups in total. The van der Waals surface area contributed by atoms with Crippen LogP contribution >= 0.6 is 11.8 Å². The van der Waals surface area contributed by atoms with Crippen LogP contribution in [0.5, 0.6) is 5.75 Å². The first-order valence-corrected chi connectivity index (χ1v) is 10.5. The predicted octanol–water partition coefficient (Wildman–Crippen LogP) is 4.94. The summed E-state index contributed by atoms with van der Waals surface area (Å²) in [4.78, 5) is 18.0. The van der Waals surface area contributed by atoms with Crippen LogP contribution in [0.3, 0.4) is 0 Å². The third-order valence-electron chi connectivity index (χ3n) is 4.82. The maximum Gasteiger partial charge on any atom is 0.262 e. The van der Waals surface area contributed by atoms with Gasteiger partial charge in [0.2, 0.25) is 0 Å². The number of benzene rings is 3. The van der Waals surface area contributed by atoms with E-state index in [0.717, 1.165) is 34.2 Å². The molecule has 5 heteroatoms. The summed E-state index contributed by atoms with van der Waals surface area (Å²) >= 11 is 1.59. The lowest BCUT2D eigenvalue weighted by atomic mass is 10.1. The molecule has 0 saturated carbocycles. The Morgan fingerprint density at radius 2 is 1.62 bits per heavy atom. The quantitative estimate of drug-likeness (QED) is 0.324. The van der Waals surface area contributed by atoms with Gasteiger partial charge in [0.15, 0.2) is 5.16 Å². The number of rotatable bonds is 7. The van der Waals surface area contributed by atoms with Crippen molar-refractivity contribution in [1.82, 2.24) is 9.55 Å². The Morgan fingerprint density at radius 1 is 0.897 bits per heavy atom. The van der Waals surface area contributed by atoms with E-state index in [1.165, 1.54) is 5.56 Å². The minimum Gasteiger partial charge on any atom is -0.497 e. The molecule has 4 aromatic rings. The van der Waals surface area contributed by atoms with Gasteiger partial charge < -0.3 is 4.74 Å². The largest absolute Gasteiger partial charge is 0.497 e. The van der Waals surface area contributed by atoms with Crippen molar-refractivity contribution in [2.24, 2.45) is 0 Å². The summed E-state index contributed by atoms with van der Waals surface area (Å²) in [5, 5.41) is 1.41. The second-order valence-corrected chi connectivity index (χ2v) is 7.68. The molecule has 0 spiro atoms. The van der Waals surface area contributed by atoms with Crippen molar-refractivity contribution in [1.29, 1.82) is 0 Å². The molecule has 0 aliphatic carbocycles. The Labute approximate surface area is 174 Å². The molecule has 0 bridgehead atoms. The van der Waals surface area contributed by atoms with Gasteiger partial charge in [0.25, 0.3) is 5.56 Å². The molecule has 146 valence electrons. The van der Waals surface area contributed by atoms with Crippen molar-refractivity contribution in [3.05, 3.63) is 100 Å². The number of aromatic nitrogens is 2. The number of fused-ring (bicyclic) bond motifs is 1. The van der Waals surface area contributed by atoms with E-state index in [-0.39, 0.29) is 5.56 Å². The van der Waals surface area contributed by atoms with Gasteiger partial charge in [0, 0.05) is 12.3 Å². The van der Waals surface area contributed by atoms with E-state index in [9.17, 15) is 4.79 Å². The highest BCUT2D eigenvalue weighted by Gasteiger charge is 2.12. The summed E-state index contributed by atoms with van der Waals surface area (Å²) in [6.45, 7) is 0.603. The lowest BCUT2D eigenvalue weighted by molar-refractivity contribution is 0.414. The Kier molecular flexibility index (Phi) is 5.96. The van der Waals surface area contributed by atoms with Gasteiger partial charge in [-0.15, -0.1) is 0 Å². The Hall–Kier alpha value is -3.05. The molecule has 0 aliphatic heterocycles. The molecule has 29 heavy (non-hydrogen) atoms. The van der Waals surface area contributed by atoms with Crippen LogP contribution in [0.2, 0.25) is 0 Å². The summed E-state index contributed by atoms with van der Waals surface area (Å²) in [6, 6.07) is 25.8. The van der Waals surface area contributed by atoms with Crippen LogP contribution in [-0.4, -0.2) is 16.7 Å². The predicted molar refractivity (Wildman–Crippen MR) is 119 cm³/mol. The normalized spacial score (nSPS) is 10.9. The van der Waals surface area contributed by atoms with E-state index in [2.05, 4.69) is 12.1 Å². The zero-order valence-electron chi connectivity index (χ0n) is 16.2. The molecule has 0 atom stereocenters. The van der Waals surface area contributed by atoms with Gasteiger partial charge in [-0.2, -0.15) is 0 Å². The van der Waals surface area contributed by atoms with Crippen molar-refractivity contribution in [3.8, 4) is 5.75 Å². The van der Waals surface area contributed by atoms with Gasteiger partial charge in [-0.25, -0.2) is 4.98 Å². The van der Waals surface area contributed by atoms with Crippen LogP contribution in [-0.2, 0) is 18.7 Å². The molecule has 0 aliphatic rings. The van der Waals surface area contributed by atoms with Gasteiger partial charge in [-0.05, 0) is 41.8 Å². The second-order valence-electron chi connectivity index (χ2n) is 6.74. The number of para-hydroxylation sites is 1. The monoisotopic (exact) mass is 402 g/mol. The molecule has 0 fully saturated rings. The van der Waals surface area contributed by atoms with E-state index in [0.29, 0.717) is 11.9 Å². The third kappa shape index (κ3) is 4.51. The van der Waals surface area contributed by atoms with Gasteiger partial charge >= 0.3 is 0 Å². The summed E-state index contributed by atoms with van der Waals surface area (Å²) < 4.78 is 7.03. The average molecular weight is 403 g/mol. The van der Waals surface area contributed by atoms with Crippen LogP contribution < -0.4 is 10.3 Å². The number of ether oxygens (including phenoxy) is 1. The fourth-order valence-electron chi connectivity index (χ4n) is 3.21. The van der Waals surface area contributed by atoms with Crippen LogP contribution in [0, 0.1) is 0 Å². The van der Waals surface area contributed by atoms with Crippen molar-refractivity contribution in [3.63, 3.8) is 0 Å². The van der Waals surface area contributed by atoms with Gasteiger partial charge in [-0.3, -0.25) is 9.36 Å². The topological polar surface area (TPSA) is 44.1 Å². The lowest BCUT2D eigenvalue weighted by Gasteiger charge is -2.13. The van der Waals surface area contributed by atoms with E-state index in [1.807, 2.05) is 71.3 Å². The van der Waals surface area contributed by atoms with Crippen LogP contribution in [0.15, 0.2) is 88.8 Å². The van der Waals surface area contributed by atoms with Crippen LogP contribution in [0.1, 0.15) is 11.1 Å². The SMILES string of the molecule is COc1ccc(CSc2nc3ccccc3c(=O)n2CCc2ccccc2)cc1. The van der Waals surface area contributed by atoms with E-state index in [4.69, 9.17) is 9.72 Å². The van der Waals surface area contributed by atoms with Crippen molar-refractivity contribution < 1.29 is 4.74 Å². The fourth-order valence-corrected chi connectivity index (χ4v) is 4.19. The zero-order valence-corrected chi connectivity index (χ0v) is 17.1. The average Bonchev–Trinajstić information content (AvgIpc) is 2.78. The van der Waals surface area contributed by atoms with Crippen molar-refractivity contribution >= 4 is 22.7 Å². The number of hydrogen-bond acceptors (Lipinski definition) is 4. The molecular weight excluding hydrogens is 380 g/mol. The number of methoxy groups -OCH3 is 1. The summed E-state index contributed by atoms with van der Waals surface area (Å²) in [6.07, 6.45) is 0.789. The van der Waals surface area contributed by atoms with Crippen molar-refractivity contribution in [2.75, 3.05) is 7.11 Å². The highest BCUT2D eigenvalue weighted by Crippen LogP contribution is 2.23. The summed E-state index contributed by atoms with van der Waals surface area (Å²) in [5.74, 6) is 1.57. The maximum absolute atomic E-state index is 13.2. The Morgan fingerprint density at radius 3 is 2.38 bits per heavy atom. The second kappa shape index (κ2) is 8.97. The van der Waals surface area contributed by atoms with Crippen LogP contribution in [0.4, 0.5) is 0 Å². The molecule has 1 heterocycles. The minimum absolute atomic E-state index is 0.0174. The van der Waals surface area contributed by atoms with Gasteiger partial charge in [0.05, 0.1) is 18.0 Å². The number of hydrogen-bond donors (Lipinski definition) is 0. The molecule has 0 amide bonds. The Balaban J connectivity index is 1.63. The summed E-state index contributed by atoms with van der Waals surface area (Å²) in [7, 11) is 1.66. The Bertz CT molecular complexity index is 1160. The van der Waals surface area contributed by atoms with E-state index in [1.54, 1.807) is 18.9 Å². The van der Waals surface area contributed by atoms with E-state index >= 15 is 0 Å². The van der Waals surface area contributed by atoms with Gasteiger partial charge in [0.1, 0.15) is 5.75 Å². The highest BCUT2D eigenvalue weighted by molar-refractivity contribution is 7.98. The third-order valence-corrected chi connectivity index (χ3v) is 5.87. The first kappa shape index (κ1) is 19.3. The molecular formula is C24H22N2O2S. The molecule has 1 aromatic heterocycles. The standard InChI is InChI=1S/C24H22N2O2S/c1-28-20-13-11-19(12-14-20)17-29-24-25-22-10-6-5-9-21(22)23(27)26(24)16-15-18-7-3-2-4-8-18/h2-14H,15-17H2,1H3. The molecule has 3 aromatic carbocycles. The molecule has 4 rings (SSSR count). The van der Waals surface area contributed by atoms with E-state index < -0.39 is 0 Å². The minimum atomic E-state index is 0.0174. The molecule has 0 unspecified atom stereocenters. The van der Waals surface area contributed by atoms with Crippen molar-refractivity contribution in [2.45, 2.75) is 23.9 Å². The maximum atomic E-state index is 13.2. The molecule has 4 nitrogen and oxygen atoms in total. The first-order valence-electron chi connectivity index (χ1n) is 9.54. The highest BCUT2D eigenvalue weighted by atomic mass is 32.2. The fraction of sp³-hybridized carbons (Fsp3) is 0.167. The number of aryl methyl sites for hydroxylation is 1. The molecule has 0 radical (unpaired) electrons. The number of thioether (sulfide) groups is 1.